The van der Waals surface area contributed by atoms with Crippen LogP contribution in [0.25, 0.3) is 0 Å². The van der Waals surface area contributed by atoms with Crippen molar-refractivity contribution < 1.29 is 8.78 Å². The van der Waals surface area contributed by atoms with Gasteiger partial charge in [0.1, 0.15) is 11.6 Å². The highest BCUT2D eigenvalue weighted by Crippen LogP contribution is 2.38. The number of rotatable bonds is 1. The summed E-state index contributed by atoms with van der Waals surface area (Å²) < 4.78 is 26.7. The van der Waals surface area contributed by atoms with Crippen LogP contribution in [0.3, 0.4) is 0 Å². The Morgan fingerprint density at radius 3 is 2.71 bits per heavy atom. The van der Waals surface area contributed by atoms with E-state index in [1.54, 1.807) is 18.2 Å². The van der Waals surface area contributed by atoms with Crippen molar-refractivity contribution in [2.24, 2.45) is 0 Å². The molecule has 1 N–H and O–H groups in total. The molecule has 0 bridgehead atoms. The molecule has 1 aliphatic rings. The van der Waals surface area contributed by atoms with E-state index < -0.39 is 0 Å². The van der Waals surface area contributed by atoms with Crippen LogP contribution in [0.1, 0.15) is 0 Å². The molecule has 2 nitrogen and oxygen atoms in total. The first kappa shape index (κ1) is 10.1. The van der Waals surface area contributed by atoms with E-state index in [1.807, 2.05) is 11.0 Å². The second-order valence-corrected chi connectivity index (χ2v) is 3.88. The van der Waals surface area contributed by atoms with Crippen LogP contribution in [-0.4, -0.2) is 6.67 Å². The second-order valence-electron chi connectivity index (χ2n) is 3.88. The third-order valence-corrected chi connectivity index (χ3v) is 2.82. The van der Waals surface area contributed by atoms with E-state index in [4.69, 9.17) is 0 Å². The van der Waals surface area contributed by atoms with Gasteiger partial charge in [0, 0.05) is 5.69 Å². The van der Waals surface area contributed by atoms with Crippen LogP contribution in [0.15, 0.2) is 42.5 Å². The summed E-state index contributed by atoms with van der Waals surface area (Å²) >= 11 is 0. The highest BCUT2D eigenvalue weighted by molar-refractivity contribution is 5.81. The minimum atomic E-state index is -0.299. The standard InChI is InChI=1S/C13H10F2N2/c14-9-3-1-4-10(7-9)17-8-16-13-11(15)5-2-6-12(13)17/h1-7,16H,8H2. The second kappa shape index (κ2) is 3.73. The van der Waals surface area contributed by atoms with Gasteiger partial charge in [0.05, 0.1) is 18.0 Å². The van der Waals surface area contributed by atoms with Gasteiger partial charge in [0.2, 0.25) is 0 Å². The molecule has 0 amide bonds. The molecule has 2 aromatic rings. The van der Waals surface area contributed by atoms with Gasteiger partial charge in [-0.15, -0.1) is 0 Å². The van der Waals surface area contributed by atoms with Crippen molar-refractivity contribution in [3.8, 4) is 0 Å². The average Bonchev–Trinajstić information content (AvgIpc) is 2.74. The lowest BCUT2D eigenvalue weighted by atomic mass is 10.2. The van der Waals surface area contributed by atoms with E-state index >= 15 is 0 Å². The van der Waals surface area contributed by atoms with Gasteiger partial charge >= 0.3 is 0 Å². The molecule has 0 saturated heterocycles. The number of hydrogen-bond donors (Lipinski definition) is 1. The van der Waals surface area contributed by atoms with Gasteiger partial charge in [0.15, 0.2) is 0 Å². The summed E-state index contributed by atoms with van der Waals surface area (Å²) in [6.07, 6.45) is 0. The van der Waals surface area contributed by atoms with E-state index in [2.05, 4.69) is 5.32 Å². The number of anilines is 3. The van der Waals surface area contributed by atoms with Gasteiger partial charge in [-0.2, -0.15) is 0 Å². The normalized spacial score (nSPS) is 13.4. The molecule has 1 aliphatic heterocycles. The topological polar surface area (TPSA) is 15.3 Å². The molecule has 2 aromatic carbocycles. The van der Waals surface area contributed by atoms with Gasteiger partial charge in [-0.1, -0.05) is 12.1 Å². The molecule has 0 aromatic heterocycles. The van der Waals surface area contributed by atoms with Crippen LogP contribution < -0.4 is 10.2 Å². The Bertz CT molecular complexity index is 569. The molecule has 0 fully saturated rings. The maximum atomic E-state index is 13.5. The quantitative estimate of drug-likeness (QED) is 0.809. The number of nitrogens with one attached hydrogen (secondary N) is 1. The van der Waals surface area contributed by atoms with Crippen molar-refractivity contribution in [3.63, 3.8) is 0 Å². The number of hydrogen-bond acceptors (Lipinski definition) is 2. The molecular formula is C13H10F2N2. The van der Waals surface area contributed by atoms with Crippen LogP contribution in [0.5, 0.6) is 0 Å². The van der Waals surface area contributed by atoms with Crippen molar-refractivity contribution in [3.05, 3.63) is 54.1 Å². The molecule has 4 heteroatoms. The molecule has 86 valence electrons. The summed E-state index contributed by atoms with van der Waals surface area (Å²) in [7, 11) is 0. The summed E-state index contributed by atoms with van der Waals surface area (Å²) in [4.78, 5) is 1.83. The highest BCUT2D eigenvalue weighted by atomic mass is 19.1. The van der Waals surface area contributed by atoms with Crippen molar-refractivity contribution in [1.82, 2.24) is 0 Å². The molecule has 0 spiro atoms. The monoisotopic (exact) mass is 232 g/mol. The summed E-state index contributed by atoms with van der Waals surface area (Å²) in [5.74, 6) is -0.589. The van der Waals surface area contributed by atoms with Gasteiger partial charge in [0.25, 0.3) is 0 Å². The molecular weight excluding hydrogens is 222 g/mol. The molecule has 0 aliphatic carbocycles. The van der Waals surface area contributed by atoms with Gasteiger partial charge in [-0.3, -0.25) is 0 Å². The zero-order valence-electron chi connectivity index (χ0n) is 8.95. The fourth-order valence-corrected chi connectivity index (χ4v) is 2.03. The predicted molar refractivity (Wildman–Crippen MR) is 63.4 cm³/mol. The Morgan fingerprint density at radius 2 is 1.88 bits per heavy atom. The number of benzene rings is 2. The van der Waals surface area contributed by atoms with Gasteiger partial charge in [-0.05, 0) is 30.3 Å². The fourth-order valence-electron chi connectivity index (χ4n) is 2.03. The van der Waals surface area contributed by atoms with Crippen LogP contribution in [0, 0.1) is 11.6 Å². The van der Waals surface area contributed by atoms with E-state index in [-0.39, 0.29) is 11.6 Å². The van der Waals surface area contributed by atoms with Gasteiger partial charge in [-0.25, -0.2) is 8.78 Å². The van der Waals surface area contributed by atoms with Crippen LogP contribution in [0.4, 0.5) is 25.8 Å². The van der Waals surface area contributed by atoms with Crippen molar-refractivity contribution in [1.29, 1.82) is 0 Å². The number of para-hydroxylation sites is 1. The SMILES string of the molecule is Fc1cccc(N2CNc3c(F)cccc32)c1. The molecule has 1 heterocycles. The predicted octanol–water partition coefficient (Wildman–Crippen LogP) is 3.49. The lowest BCUT2D eigenvalue weighted by molar-refractivity contribution is 0.628. The lowest BCUT2D eigenvalue weighted by Crippen LogP contribution is -2.16. The maximum absolute atomic E-state index is 13.5. The Kier molecular flexibility index (Phi) is 2.21. The number of fused-ring (bicyclic) bond motifs is 1. The first-order valence-electron chi connectivity index (χ1n) is 5.31. The van der Waals surface area contributed by atoms with E-state index in [1.165, 1.54) is 18.2 Å². The Labute approximate surface area is 97.5 Å². The highest BCUT2D eigenvalue weighted by Gasteiger charge is 2.22. The summed E-state index contributed by atoms with van der Waals surface area (Å²) in [5.41, 5.74) is 1.91. The van der Waals surface area contributed by atoms with Crippen LogP contribution in [0.2, 0.25) is 0 Å². The van der Waals surface area contributed by atoms with Crippen molar-refractivity contribution >= 4 is 17.1 Å². The molecule has 0 saturated carbocycles. The van der Waals surface area contributed by atoms with Crippen LogP contribution in [-0.2, 0) is 0 Å². The maximum Gasteiger partial charge on any atom is 0.148 e. The summed E-state index contributed by atoms with van der Waals surface area (Å²) in [6, 6.07) is 11.1. The first-order valence-corrected chi connectivity index (χ1v) is 5.31. The first-order chi connectivity index (χ1) is 8.25. The Morgan fingerprint density at radius 1 is 1.06 bits per heavy atom. The minimum Gasteiger partial charge on any atom is -0.363 e. The molecule has 0 atom stereocenters. The van der Waals surface area contributed by atoms with Crippen molar-refractivity contribution in [2.75, 3.05) is 16.9 Å². The van der Waals surface area contributed by atoms with E-state index in [0.717, 1.165) is 5.69 Å². The Balaban J connectivity index is 2.07. The molecule has 0 unspecified atom stereocenters. The molecule has 0 radical (unpaired) electrons. The number of halogens is 2. The Hall–Kier alpha value is -2.10. The largest absolute Gasteiger partial charge is 0.363 e. The van der Waals surface area contributed by atoms with Crippen molar-refractivity contribution in [2.45, 2.75) is 0 Å². The fraction of sp³-hybridized carbons (Fsp3) is 0.0769. The molecule has 17 heavy (non-hydrogen) atoms. The van der Waals surface area contributed by atoms with Crippen LogP contribution >= 0.6 is 0 Å². The zero-order chi connectivity index (χ0) is 11.8. The molecule has 3 rings (SSSR count). The smallest absolute Gasteiger partial charge is 0.148 e. The van der Waals surface area contributed by atoms with Gasteiger partial charge < -0.3 is 10.2 Å². The average molecular weight is 232 g/mol. The summed E-state index contributed by atoms with van der Waals surface area (Å²) in [5, 5.41) is 2.96. The van der Waals surface area contributed by atoms with E-state index in [9.17, 15) is 8.78 Å². The van der Waals surface area contributed by atoms with E-state index in [0.29, 0.717) is 18.0 Å². The minimum absolute atomic E-state index is 0.290. The zero-order valence-corrected chi connectivity index (χ0v) is 8.95. The summed E-state index contributed by atoms with van der Waals surface area (Å²) in [6.45, 7) is 0.444. The number of nitrogens with zero attached hydrogens (tertiary/aromatic N) is 1. The lowest BCUT2D eigenvalue weighted by Gasteiger charge is -2.17. The third kappa shape index (κ3) is 1.62. The third-order valence-electron chi connectivity index (χ3n) is 2.82.